The molecule has 158 valence electrons. The molecule has 0 aliphatic rings. The van der Waals surface area contributed by atoms with E-state index in [1.165, 1.54) is 27.3 Å². The number of hydrogen-bond donors (Lipinski definition) is 0. The molecule has 2 heterocycles. The third-order valence-corrected chi connectivity index (χ3v) is 4.87. The lowest BCUT2D eigenvalue weighted by Gasteiger charge is -2.18. The molecule has 0 saturated carbocycles. The van der Waals surface area contributed by atoms with E-state index in [0.717, 1.165) is 17.7 Å². The third-order valence-electron chi connectivity index (χ3n) is 4.62. The number of fused-ring (bicyclic) bond motifs is 1. The molecule has 4 aromatic rings. The van der Waals surface area contributed by atoms with E-state index in [1.807, 2.05) is 0 Å². The highest BCUT2D eigenvalue weighted by Gasteiger charge is 2.31. The van der Waals surface area contributed by atoms with E-state index in [9.17, 15) is 23.1 Å². The van der Waals surface area contributed by atoms with Crippen molar-refractivity contribution >= 4 is 17.2 Å². The van der Waals surface area contributed by atoms with Crippen molar-refractivity contribution in [3.8, 4) is 22.8 Å². The van der Waals surface area contributed by atoms with Crippen LogP contribution in [0.2, 0.25) is 5.02 Å². The van der Waals surface area contributed by atoms with E-state index >= 15 is 0 Å². The van der Waals surface area contributed by atoms with E-state index in [4.69, 9.17) is 11.6 Å². The molecule has 9 heteroatoms. The number of pyridine rings is 1. The van der Waals surface area contributed by atoms with Gasteiger partial charge in [-0.25, -0.2) is 9.36 Å². The SMILES string of the molecule is O=c1c(-c2cccc(OC(F)(F)F)c2)c([O-])[n+](Cc2ccc(Cl)cc2)c2ccccn12. The Labute approximate surface area is 179 Å². The standard InChI is InChI=1S/C22H14ClF3N2O3/c23-16-9-7-14(8-10-16)13-28-18-6-1-2-11-27(18)20(29)19(21(28)30)15-4-3-5-17(12-15)31-22(24,25)26/h1-12H,13H2. The summed E-state index contributed by atoms with van der Waals surface area (Å²) in [6.07, 6.45) is -3.40. The summed E-state index contributed by atoms with van der Waals surface area (Å²) in [5.74, 6) is -1.15. The maximum Gasteiger partial charge on any atom is 0.573 e. The van der Waals surface area contributed by atoms with Crippen LogP contribution in [-0.2, 0) is 6.54 Å². The minimum absolute atomic E-state index is 0.0276. The second-order valence-corrected chi connectivity index (χ2v) is 7.14. The maximum absolute atomic E-state index is 13.3. The fourth-order valence-corrected chi connectivity index (χ4v) is 3.42. The highest BCUT2D eigenvalue weighted by Crippen LogP contribution is 2.29. The van der Waals surface area contributed by atoms with E-state index < -0.39 is 23.6 Å². The van der Waals surface area contributed by atoms with E-state index in [2.05, 4.69) is 4.74 Å². The molecule has 0 saturated heterocycles. The molecule has 0 unspecified atom stereocenters. The molecular weight excluding hydrogens is 433 g/mol. The first-order chi connectivity index (χ1) is 14.7. The Hall–Kier alpha value is -3.52. The predicted octanol–water partition coefficient (Wildman–Crippen LogP) is 3.93. The van der Waals surface area contributed by atoms with Crippen LogP contribution in [0.1, 0.15) is 5.56 Å². The van der Waals surface area contributed by atoms with Crippen molar-refractivity contribution in [2.24, 2.45) is 0 Å². The van der Waals surface area contributed by atoms with Crippen molar-refractivity contribution in [3.63, 3.8) is 0 Å². The van der Waals surface area contributed by atoms with Gasteiger partial charge in [0.25, 0.3) is 5.65 Å². The zero-order valence-corrected chi connectivity index (χ0v) is 16.5. The van der Waals surface area contributed by atoms with Crippen LogP contribution in [0.4, 0.5) is 13.2 Å². The number of rotatable bonds is 4. The Bertz CT molecular complexity index is 1320. The van der Waals surface area contributed by atoms with Gasteiger partial charge in [-0.3, -0.25) is 0 Å². The third kappa shape index (κ3) is 4.34. The lowest BCUT2D eigenvalue weighted by atomic mass is 10.1. The molecule has 0 N–H and O–H groups in total. The van der Waals surface area contributed by atoms with Crippen LogP contribution in [0.15, 0.2) is 77.7 Å². The number of hydrogen-bond acceptors (Lipinski definition) is 3. The van der Waals surface area contributed by atoms with Crippen LogP contribution in [-0.4, -0.2) is 10.8 Å². The first-order valence-corrected chi connectivity index (χ1v) is 9.45. The molecule has 0 aliphatic carbocycles. The molecular formula is C22H14ClF3N2O3. The summed E-state index contributed by atoms with van der Waals surface area (Å²) in [5, 5.41) is 13.9. The molecule has 31 heavy (non-hydrogen) atoms. The summed E-state index contributed by atoms with van der Waals surface area (Å²) in [6, 6.07) is 16.6. The fourth-order valence-electron chi connectivity index (χ4n) is 3.30. The number of aromatic nitrogens is 2. The molecule has 5 nitrogen and oxygen atoms in total. The summed E-state index contributed by atoms with van der Waals surface area (Å²) in [6.45, 7) is 0.134. The largest absolute Gasteiger partial charge is 0.842 e. The van der Waals surface area contributed by atoms with Gasteiger partial charge in [-0.05, 0) is 41.5 Å². The average Bonchev–Trinajstić information content (AvgIpc) is 2.72. The van der Waals surface area contributed by atoms with Crippen molar-refractivity contribution in [3.05, 3.63) is 93.9 Å². The lowest BCUT2D eigenvalue weighted by molar-refractivity contribution is -0.708. The first kappa shape index (κ1) is 20.7. The minimum atomic E-state index is -4.90. The first-order valence-electron chi connectivity index (χ1n) is 9.08. The quantitative estimate of drug-likeness (QED) is 0.446. The Morgan fingerprint density at radius 2 is 1.77 bits per heavy atom. The normalized spacial score (nSPS) is 11.6. The zero-order valence-electron chi connectivity index (χ0n) is 15.8. The second kappa shape index (κ2) is 7.96. The fraction of sp³-hybridized carbons (Fsp3) is 0.0909. The Morgan fingerprint density at radius 3 is 2.48 bits per heavy atom. The van der Waals surface area contributed by atoms with Crippen molar-refractivity contribution in [1.82, 2.24) is 4.40 Å². The van der Waals surface area contributed by atoms with Crippen molar-refractivity contribution in [2.45, 2.75) is 12.9 Å². The van der Waals surface area contributed by atoms with Gasteiger partial charge in [0.15, 0.2) is 0 Å². The van der Waals surface area contributed by atoms with Gasteiger partial charge in [-0.1, -0.05) is 41.9 Å². The minimum Gasteiger partial charge on any atom is -0.842 e. The van der Waals surface area contributed by atoms with E-state index in [1.54, 1.807) is 42.5 Å². The highest BCUT2D eigenvalue weighted by atomic mass is 35.5. The molecule has 2 aromatic carbocycles. The molecule has 0 atom stereocenters. The van der Waals surface area contributed by atoms with Gasteiger partial charge in [0.1, 0.15) is 17.9 Å². The van der Waals surface area contributed by atoms with Crippen LogP contribution in [0.3, 0.4) is 0 Å². The van der Waals surface area contributed by atoms with Gasteiger partial charge in [0, 0.05) is 11.1 Å². The zero-order chi connectivity index (χ0) is 22.2. The van der Waals surface area contributed by atoms with Crippen LogP contribution < -0.4 is 20.0 Å². The van der Waals surface area contributed by atoms with Crippen molar-refractivity contribution < 1.29 is 27.6 Å². The maximum atomic E-state index is 13.3. The molecule has 0 amide bonds. The Balaban J connectivity index is 1.92. The van der Waals surface area contributed by atoms with Crippen molar-refractivity contribution in [1.29, 1.82) is 0 Å². The van der Waals surface area contributed by atoms with Crippen LogP contribution in [0.25, 0.3) is 16.8 Å². The summed E-state index contributed by atoms with van der Waals surface area (Å²) in [5.41, 5.74) is 0.233. The Kier molecular flexibility index (Phi) is 5.32. The van der Waals surface area contributed by atoms with Gasteiger partial charge in [0.05, 0.1) is 12.1 Å². The number of nitrogens with zero attached hydrogens (tertiary/aromatic N) is 2. The average molecular weight is 447 g/mol. The lowest BCUT2D eigenvalue weighted by Crippen LogP contribution is -2.44. The molecule has 0 spiro atoms. The van der Waals surface area contributed by atoms with Crippen LogP contribution in [0.5, 0.6) is 11.6 Å². The topological polar surface area (TPSA) is 57.7 Å². The number of halogens is 4. The number of ether oxygens (including phenoxy) is 1. The molecule has 0 aliphatic heterocycles. The predicted molar refractivity (Wildman–Crippen MR) is 106 cm³/mol. The van der Waals surface area contributed by atoms with Gasteiger partial charge in [-0.2, -0.15) is 4.40 Å². The van der Waals surface area contributed by atoms with Gasteiger partial charge >= 0.3 is 11.9 Å². The second-order valence-electron chi connectivity index (χ2n) is 6.70. The molecule has 0 fully saturated rings. The molecule has 0 bridgehead atoms. The summed E-state index contributed by atoms with van der Waals surface area (Å²) < 4.78 is 44.4. The summed E-state index contributed by atoms with van der Waals surface area (Å²) >= 11 is 5.92. The molecule has 4 rings (SSSR count). The highest BCUT2D eigenvalue weighted by molar-refractivity contribution is 6.30. The molecule has 0 radical (unpaired) electrons. The monoisotopic (exact) mass is 446 g/mol. The van der Waals surface area contributed by atoms with E-state index in [0.29, 0.717) is 10.7 Å². The summed E-state index contributed by atoms with van der Waals surface area (Å²) in [4.78, 5) is 13.1. The number of alkyl halides is 3. The van der Waals surface area contributed by atoms with Crippen molar-refractivity contribution in [2.75, 3.05) is 0 Å². The van der Waals surface area contributed by atoms with Gasteiger partial charge in [-0.15, -0.1) is 13.2 Å². The summed E-state index contributed by atoms with van der Waals surface area (Å²) in [7, 11) is 0. The Morgan fingerprint density at radius 1 is 1.03 bits per heavy atom. The van der Waals surface area contributed by atoms with Crippen LogP contribution >= 0.6 is 11.6 Å². The van der Waals surface area contributed by atoms with Crippen LogP contribution in [0, 0.1) is 0 Å². The van der Waals surface area contributed by atoms with E-state index in [-0.39, 0.29) is 17.7 Å². The number of benzene rings is 2. The molecule has 2 aromatic heterocycles. The van der Waals surface area contributed by atoms with Gasteiger partial charge < -0.3 is 9.84 Å². The van der Waals surface area contributed by atoms with Gasteiger partial charge in [0.2, 0.25) is 0 Å². The smallest absolute Gasteiger partial charge is 0.573 e.